The largest absolute Gasteiger partial charge is 0.341 e. The predicted molar refractivity (Wildman–Crippen MR) is 69.8 cm³/mol. The summed E-state index contributed by atoms with van der Waals surface area (Å²) in [5.74, 6) is 1.10. The molecule has 2 fully saturated rings. The molecule has 1 aliphatic heterocycles. The molecule has 0 radical (unpaired) electrons. The number of carbonyl (C=O) groups excluding carboxylic acids is 1. The Morgan fingerprint density at radius 1 is 1.41 bits per heavy atom. The summed E-state index contributed by atoms with van der Waals surface area (Å²) >= 11 is 0. The molecule has 2 aliphatic rings. The Morgan fingerprint density at radius 3 is 2.65 bits per heavy atom. The number of hydrogen-bond donors (Lipinski definition) is 1. The molecule has 1 saturated heterocycles. The van der Waals surface area contributed by atoms with Crippen LogP contribution in [-0.4, -0.2) is 37.0 Å². The second-order valence-corrected chi connectivity index (χ2v) is 6.54. The van der Waals surface area contributed by atoms with E-state index in [1.54, 1.807) is 0 Å². The number of carbonyl (C=O) groups is 1. The molecule has 1 heterocycles. The second-order valence-electron chi connectivity index (χ2n) is 6.54. The van der Waals surface area contributed by atoms with Crippen LogP contribution in [0.1, 0.15) is 46.0 Å². The summed E-state index contributed by atoms with van der Waals surface area (Å²) in [4.78, 5) is 14.5. The summed E-state index contributed by atoms with van der Waals surface area (Å²) in [6.45, 7) is 6.49. The highest BCUT2D eigenvalue weighted by molar-refractivity contribution is 5.82. The number of likely N-dealkylation sites (N-methyl/N-ethyl adjacent to an activating group) is 1. The van der Waals surface area contributed by atoms with Crippen LogP contribution < -0.4 is 5.32 Å². The van der Waals surface area contributed by atoms with Gasteiger partial charge in [-0.2, -0.15) is 0 Å². The second kappa shape index (κ2) is 4.97. The maximum absolute atomic E-state index is 12.4. The Balaban J connectivity index is 2.02. The third-order valence-corrected chi connectivity index (χ3v) is 4.48. The van der Waals surface area contributed by atoms with Gasteiger partial charge in [0, 0.05) is 13.1 Å². The van der Waals surface area contributed by atoms with Gasteiger partial charge in [0.2, 0.25) is 5.91 Å². The Morgan fingerprint density at radius 2 is 2.12 bits per heavy atom. The molecule has 0 aromatic heterocycles. The minimum Gasteiger partial charge on any atom is -0.341 e. The van der Waals surface area contributed by atoms with E-state index in [9.17, 15) is 4.79 Å². The maximum atomic E-state index is 12.4. The van der Waals surface area contributed by atoms with Crippen molar-refractivity contribution in [1.29, 1.82) is 0 Å². The van der Waals surface area contributed by atoms with Gasteiger partial charge >= 0.3 is 0 Å². The molecule has 98 valence electrons. The first-order chi connectivity index (χ1) is 8.02. The molecule has 3 nitrogen and oxygen atoms in total. The van der Waals surface area contributed by atoms with Gasteiger partial charge in [-0.25, -0.2) is 0 Å². The van der Waals surface area contributed by atoms with Crippen molar-refractivity contribution in [2.45, 2.75) is 52.0 Å². The van der Waals surface area contributed by atoms with Crippen LogP contribution in [0.2, 0.25) is 0 Å². The predicted octanol–water partition coefficient (Wildman–Crippen LogP) is 2.02. The minimum absolute atomic E-state index is 0.0209. The van der Waals surface area contributed by atoms with Crippen molar-refractivity contribution in [3.8, 4) is 0 Å². The van der Waals surface area contributed by atoms with E-state index in [0.717, 1.165) is 31.8 Å². The average Bonchev–Trinajstić information content (AvgIpc) is 2.32. The van der Waals surface area contributed by atoms with Gasteiger partial charge in [0.1, 0.15) is 0 Å². The van der Waals surface area contributed by atoms with Gasteiger partial charge in [-0.05, 0) is 44.1 Å². The summed E-state index contributed by atoms with van der Waals surface area (Å²) in [5, 5.41) is 3.20. The number of rotatable bonds is 3. The van der Waals surface area contributed by atoms with Crippen molar-refractivity contribution in [3.05, 3.63) is 0 Å². The fraction of sp³-hybridized carbons (Fsp3) is 0.929. The average molecular weight is 238 g/mol. The number of hydrogen-bond acceptors (Lipinski definition) is 2. The zero-order valence-electron chi connectivity index (χ0n) is 11.5. The normalized spacial score (nSPS) is 29.9. The molecule has 1 N–H and O–H groups in total. The standard InChI is InChI=1S/C14H26N2O/c1-14(2)7-8-16(10-11-5-4-6-11)13(17)12(9-14)15-3/h11-12,15H,4-10H2,1-3H3. The van der Waals surface area contributed by atoms with Crippen molar-refractivity contribution < 1.29 is 4.79 Å². The molecule has 17 heavy (non-hydrogen) atoms. The van der Waals surface area contributed by atoms with Crippen LogP contribution in [0.3, 0.4) is 0 Å². The smallest absolute Gasteiger partial charge is 0.239 e. The van der Waals surface area contributed by atoms with Gasteiger partial charge in [0.15, 0.2) is 0 Å². The van der Waals surface area contributed by atoms with Crippen LogP contribution in [0.4, 0.5) is 0 Å². The fourth-order valence-electron chi connectivity index (χ4n) is 2.90. The van der Waals surface area contributed by atoms with Crippen LogP contribution in [0.5, 0.6) is 0 Å². The van der Waals surface area contributed by atoms with E-state index >= 15 is 0 Å². The van der Waals surface area contributed by atoms with Crippen molar-refractivity contribution >= 4 is 5.91 Å². The Hall–Kier alpha value is -0.570. The number of likely N-dealkylation sites (tertiary alicyclic amines) is 1. The van der Waals surface area contributed by atoms with E-state index in [1.807, 2.05) is 7.05 Å². The third kappa shape index (κ3) is 3.01. The van der Waals surface area contributed by atoms with Crippen LogP contribution in [-0.2, 0) is 4.79 Å². The van der Waals surface area contributed by atoms with E-state index < -0.39 is 0 Å². The highest BCUT2D eigenvalue weighted by atomic mass is 16.2. The van der Waals surface area contributed by atoms with Gasteiger partial charge in [-0.3, -0.25) is 4.79 Å². The molecule has 1 amide bonds. The quantitative estimate of drug-likeness (QED) is 0.816. The molecule has 1 unspecified atom stereocenters. The van der Waals surface area contributed by atoms with Crippen LogP contribution in [0.25, 0.3) is 0 Å². The zero-order chi connectivity index (χ0) is 12.5. The van der Waals surface area contributed by atoms with Gasteiger partial charge in [-0.15, -0.1) is 0 Å². The summed E-state index contributed by atoms with van der Waals surface area (Å²) < 4.78 is 0. The van der Waals surface area contributed by atoms with Crippen LogP contribution >= 0.6 is 0 Å². The highest BCUT2D eigenvalue weighted by Gasteiger charge is 2.35. The van der Waals surface area contributed by atoms with Crippen molar-refractivity contribution in [3.63, 3.8) is 0 Å². The maximum Gasteiger partial charge on any atom is 0.239 e. The van der Waals surface area contributed by atoms with Crippen molar-refractivity contribution in [2.75, 3.05) is 20.1 Å². The van der Waals surface area contributed by atoms with E-state index in [4.69, 9.17) is 0 Å². The molecule has 2 rings (SSSR count). The summed E-state index contributed by atoms with van der Waals surface area (Å²) in [6, 6.07) is 0.0209. The summed E-state index contributed by atoms with van der Waals surface area (Å²) in [6.07, 6.45) is 6.08. The van der Waals surface area contributed by atoms with Gasteiger partial charge in [0.05, 0.1) is 6.04 Å². The Bertz CT molecular complexity index is 284. The first-order valence-electron chi connectivity index (χ1n) is 6.98. The lowest BCUT2D eigenvalue weighted by molar-refractivity contribution is -0.133. The van der Waals surface area contributed by atoms with Gasteiger partial charge in [-0.1, -0.05) is 20.3 Å². The van der Waals surface area contributed by atoms with E-state index in [2.05, 4.69) is 24.1 Å². The summed E-state index contributed by atoms with van der Waals surface area (Å²) in [5.41, 5.74) is 0.275. The lowest BCUT2D eigenvalue weighted by Crippen LogP contribution is -2.46. The SMILES string of the molecule is CNC1CC(C)(C)CCN(CC2CCC2)C1=O. The minimum atomic E-state index is 0.0209. The lowest BCUT2D eigenvalue weighted by atomic mass is 9.83. The van der Waals surface area contributed by atoms with E-state index in [-0.39, 0.29) is 11.5 Å². The Labute approximate surface area is 105 Å². The first kappa shape index (κ1) is 12.9. The van der Waals surface area contributed by atoms with Crippen molar-refractivity contribution in [2.24, 2.45) is 11.3 Å². The molecule has 0 aromatic carbocycles. The fourth-order valence-corrected chi connectivity index (χ4v) is 2.90. The lowest BCUT2D eigenvalue weighted by Gasteiger charge is -2.33. The molecule has 0 spiro atoms. The van der Waals surface area contributed by atoms with Crippen molar-refractivity contribution in [1.82, 2.24) is 10.2 Å². The van der Waals surface area contributed by atoms with E-state index in [0.29, 0.717) is 5.91 Å². The molecule has 0 aromatic rings. The zero-order valence-corrected chi connectivity index (χ0v) is 11.5. The molecular formula is C14H26N2O. The monoisotopic (exact) mass is 238 g/mol. The van der Waals surface area contributed by atoms with Crippen LogP contribution in [0, 0.1) is 11.3 Å². The molecule has 3 heteroatoms. The van der Waals surface area contributed by atoms with Gasteiger partial charge < -0.3 is 10.2 Å². The molecule has 1 aliphatic carbocycles. The number of amides is 1. The summed E-state index contributed by atoms with van der Waals surface area (Å²) in [7, 11) is 1.91. The molecule has 0 bridgehead atoms. The van der Waals surface area contributed by atoms with E-state index in [1.165, 1.54) is 19.3 Å². The highest BCUT2D eigenvalue weighted by Crippen LogP contribution is 2.33. The number of nitrogens with one attached hydrogen (secondary N) is 1. The molecule has 1 saturated carbocycles. The number of nitrogens with zero attached hydrogens (tertiary/aromatic N) is 1. The molecular weight excluding hydrogens is 212 g/mol. The van der Waals surface area contributed by atoms with Gasteiger partial charge in [0.25, 0.3) is 0 Å². The Kier molecular flexibility index (Phi) is 3.76. The molecule has 1 atom stereocenters. The first-order valence-corrected chi connectivity index (χ1v) is 6.98. The topological polar surface area (TPSA) is 32.3 Å². The van der Waals surface area contributed by atoms with Crippen LogP contribution in [0.15, 0.2) is 0 Å². The third-order valence-electron chi connectivity index (χ3n) is 4.48.